The van der Waals surface area contributed by atoms with Crippen molar-refractivity contribution in [2.45, 2.75) is 29.0 Å². The average molecular weight is 450 g/mol. The predicted octanol–water partition coefficient (Wildman–Crippen LogP) is 4.72. The van der Waals surface area contributed by atoms with Crippen molar-refractivity contribution in [2.75, 3.05) is 0 Å². The van der Waals surface area contributed by atoms with Gasteiger partial charge in [-0.05, 0) is 53.6 Å². The van der Waals surface area contributed by atoms with Crippen LogP contribution in [0.5, 0.6) is 0 Å². The zero-order valence-electron chi connectivity index (χ0n) is 15.3. The minimum Gasteiger partial charge on any atom is -0.480 e. The van der Waals surface area contributed by atoms with Crippen LogP contribution in [-0.2, 0) is 27.6 Å². The molecule has 1 N–H and O–H groups in total. The van der Waals surface area contributed by atoms with Gasteiger partial charge in [0.15, 0.2) is 0 Å². The van der Waals surface area contributed by atoms with E-state index in [0.29, 0.717) is 21.5 Å². The Morgan fingerprint density at radius 3 is 2.66 bits per heavy atom. The van der Waals surface area contributed by atoms with Gasteiger partial charge >= 0.3 is 5.97 Å². The van der Waals surface area contributed by atoms with Crippen LogP contribution < -0.4 is 0 Å². The molecule has 0 saturated carbocycles. The minimum absolute atomic E-state index is 0.236. The maximum atomic E-state index is 13.9. The van der Waals surface area contributed by atoms with Crippen molar-refractivity contribution >= 4 is 49.4 Å². The third kappa shape index (κ3) is 3.50. The lowest BCUT2D eigenvalue weighted by Gasteiger charge is -2.07. The maximum Gasteiger partial charge on any atom is 0.323 e. The second-order valence-electron chi connectivity index (χ2n) is 6.53. The van der Waals surface area contributed by atoms with Gasteiger partial charge in [0.25, 0.3) is 0 Å². The number of nitrogens with zero attached hydrogens (tertiary/aromatic N) is 1. The normalized spacial score (nSPS) is 11.9. The van der Waals surface area contributed by atoms with E-state index in [9.17, 15) is 22.7 Å². The topological polar surface area (TPSA) is 76.4 Å². The van der Waals surface area contributed by atoms with Crippen LogP contribution in [0, 0.1) is 12.7 Å². The molecule has 3 aromatic heterocycles. The largest absolute Gasteiger partial charge is 0.480 e. The molecule has 0 atom stereocenters. The van der Waals surface area contributed by atoms with Crippen LogP contribution in [-0.4, -0.2) is 24.1 Å². The van der Waals surface area contributed by atoms with E-state index >= 15 is 0 Å². The Balaban J connectivity index is 1.85. The lowest BCUT2D eigenvalue weighted by atomic mass is 10.1. The first-order valence-corrected chi connectivity index (χ1v) is 11.9. The van der Waals surface area contributed by atoms with Gasteiger partial charge < -0.3 is 9.67 Å². The molecule has 0 fully saturated rings. The number of carbonyl (C=O) groups is 1. The fourth-order valence-corrected chi connectivity index (χ4v) is 7.29. The van der Waals surface area contributed by atoms with Crippen LogP contribution in [0.25, 0.3) is 10.9 Å². The number of aromatic nitrogens is 1. The quantitative estimate of drug-likeness (QED) is 0.462. The molecule has 0 aliphatic rings. The SMILES string of the molecule is Cc1c(Cc2sccc2S(=O)(=O)c2cccs2)c2cc(F)ccc2n1CC(=O)O. The molecule has 4 aromatic rings. The van der Waals surface area contributed by atoms with Crippen molar-refractivity contribution in [1.82, 2.24) is 4.57 Å². The Morgan fingerprint density at radius 2 is 1.97 bits per heavy atom. The molecule has 4 rings (SSSR count). The number of rotatable bonds is 6. The van der Waals surface area contributed by atoms with Crippen molar-refractivity contribution in [1.29, 1.82) is 0 Å². The molecule has 0 radical (unpaired) electrons. The van der Waals surface area contributed by atoms with Crippen LogP contribution in [0.4, 0.5) is 4.39 Å². The molecule has 29 heavy (non-hydrogen) atoms. The van der Waals surface area contributed by atoms with Crippen LogP contribution in [0.3, 0.4) is 0 Å². The summed E-state index contributed by atoms with van der Waals surface area (Å²) in [5.74, 6) is -1.43. The summed E-state index contributed by atoms with van der Waals surface area (Å²) < 4.78 is 41.8. The number of thiophene rings is 2. The van der Waals surface area contributed by atoms with Crippen LogP contribution in [0.2, 0.25) is 0 Å². The number of halogens is 1. The molecule has 150 valence electrons. The molecule has 0 saturated heterocycles. The van der Waals surface area contributed by atoms with E-state index in [-0.39, 0.29) is 22.1 Å². The first kappa shape index (κ1) is 19.8. The third-order valence-corrected chi connectivity index (χ3v) is 9.09. The predicted molar refractivity (Wildman–Crippen MR) is 111 cm³/mol. The Morgan fingerprint density at radius 1 is 1.17 bits per heavy atom. The summed E-state index contributed by atoms with van der Waals surface area (Å²) in [5.41, 5.74) is 2.02. The summed E-state index contributed by atoms with van der Waals surface area (Å²) in [4.78, 5) is 12.2. The Labute approximate surface area is 174 Å². The number of benzene rings is 1. The zero-order chi connectivity index (χ0) is 20.8. The van der Waals surface area contributed by atoms with Crippen LogP contribution in [0.15, 0.2) is 56.3 Å². The molecule has 0 amide bonds. The second kappa shape index (κ2) is 7.40. The standard InChI is InChI=1S/C20H16FNO4S3/c1-12-14(15-9-13(21)4-5-16(15)22(12)11-19(23)24)10-17-18(6-8-27-17)29(25,26)20-3-2-7-28-20/h2-9H,10-11H2,1H3,(H,23,24). The molecule has 9 heteroatoms. The summed E-state index contributed by atoms with van der Waals surface area (Å²) in [6, 6.07) is 9.07. The van der Waals surface area contributed by atoms with E-state index in [0.717, 1.165) is 16.9 Å². The summed E-state index contributed by atoms with van der Waals surface area (Å²) in [6.45, 7) is 1.52. The zero-order valence-corrected chi connectivity index (χ0v) is 17.7. The number of hydrogen-bond donors (Lipinski definition) is 1. The van der Waals surface area contributed by atoms with Crippen molar-refractivity contribution < 1.29 is 22.7 Å². The Kier molecular flexibility index (Phi) is 5.05. The monoisotopic (exact) mass is 449 g/mol. The first-order chi connectivity index (χ1) is 13.8. The summed E-state index contributed by atoms with van der Waals surface area (Å²) in [7, 11) is -3.64. The number of sulfone groups is 1. The second-order valence-corrected chi connectivity index (χ2v) is 10.6. The molecule has 0 aliphatic carbocycles. The van der Waals surface area contributed by atoms with Crippen molar-refractivity contribution in [3.05, 3.63) is 69.1 Å². The number of hydrogen-bond acceptors (Lipinski definition) is 5. The van der Waals surface area contributed by atoms with Gasteiger partial charge in [0.05, 0.1) is 4.90 Å². The van der Waals surface area contributed by atoms with E-state index in [1.165, 1.54) is 23.5 Å². The summed E-state index contributed by atoms with van der Waals surface area (Å²) in [6.07, 6.45) is 0.274. The fourth-order valence-electron chi connectivity index (χ4n) is 3.47. The van der Waals surface area contributed by atoms with E-state index in [1.807, 2.05) is 0 Å². The van der Waals surface area contributed by atoms with Crippen LogP contribution in [0.1, 0.15) is 16.1 Å². The van der Waals surface area contributed by atoms with Gasteiger partial charge in [-0.1, -0.05) is 6.07 Å². The van der Waals surface area contributed by atoms with E-state index in [1.54, 1.807) is 46.5 Å². The molecular formula is C20H16FNO4S3. The van der Waals surface area contributed by atoms with Crippen molar-refractivity contribution in [2.24, 2.45) is 0 Å². The Bertz CT molecular complexity index is 1320. The van der Waals surface area contributed by atoms with Gasteiger partial charge in [0.1, 0.15) is 16.6 Å². The molecule has 0 aliphatic heterocycles. The molecule has 0 spiro atoms. The number of aliphatic carboxylic acids is 1. The van der Waals surface area contributed by atoms with E-state index < -0.39 is 21.6 Å². The maximum absolute atomic E-state index is 13.9. The highest BCUT2D eigenvalue weighted by Gasteiger charge is 2.25. The van der Waals surface area contributed by atoms with E-state index in [2.05, 4.69) is 0 Å². The third-order valence-electron chi connectivity index (χ3n) is 4.80. The highest BCUT2D eigenvalue weighted by atomic mass is 32.2. The Hall–Kier alpha value is -2.49. The smallest absolute Gasteiger partial charge is 0.323 e. The molecule has 3 heterocycles. The van der Waals surface area contributed by atoms with E-state index in [4.69, 9.17) is 0 Å². The van der Waals surface area contributed by atoms with Gasteiger partial charge in [-0.15, -0.1) is 22.7 Å². The van der Waals surface area contributed by atoms with Gasteiger partial charge in [0, 0.05) is 27.9 Å². The van der Waals surface area contributed by atoms with Gasteiger partial charge in [0.2, 0.25) is 9.84 Å². The van der Waals surface area contributed by atoms with Crippen molar-refractivity contribution in [3.8, 4) is 0 Å². The lowest BCUT2D eigenvalue weighted by Crippen LogP contribution is -2.10. The first-order valence-electron chi connectivity index (χ1n) is 8.63. The fraction of sp³-hybridized carbons (Fsp3) is 0.150. The van der Waals surface area contributed by atoms with Crippen molar-refractivity contribution in [3.63, 3.8) is 0 Å². The molecular weight excluding hydrogens is 433 g/mol. The summed E-state index contributed by atoms with van der Waals surface area (Å²) >= 11 is 2.48. The minimum atomic E-state index is -3.64. The number of carboxylic acids is 1. The summed E-state index contributed by atoms with van der Waals surface area (Å²) in [5, 5.41) is 13.3. The van der Waals surface area contributed by atoms with Gasteiger partial charge in [-0.2, -0.15) is 0 Å². The molecule has 1 aromatic carbocycles. The average Bonchev–Trinajstić information content (AvgIpc) is 3.39. The van der Waals surface area contributed by atoms with Crippen LogP contribution >= 0.6 is 22.7 Å². The molecule has 0 bridgehead atoms. The van der Waals surface area contributed by atoms with Gasteiger partial charge in [-0.3, -0.25) is 4.79 Å². The number of fused-ring (bicyclic) bond motifs is 1. The lowest BCUT2D eigenvalue weighted by molar-refractivity contribution is -0.137. The highest BCUT2D eigenvalue weighted by molar-refractivity contribution is 7.93. The highest BCUT2D eigenvalue weighted by Crippen LogP contribution is 2.35. The molecule has 5 nitrogen and oxygen atoms in total. The van der Waals surface area contributed by atoms with Gasteiger partial charge in [-0.25, -0.2) is 12.8 Å². The number of carboxylic acid groups (broad SMARTS) is 1. The molecule has 0 unspecified atom stereocenters.